The molecule has 1 heterocycles. The van der Waals surface area contributed by atoms with E-state index in [1.807, 2.05) is 0 Å². The number of carbonyl (C=O) groups is 2. The average Bonchev–Trinajstić information content (AvgIpc) is 3.06. The summed E-state index contributed by atoms with van der Waals surface area (Å²) in [6.07, 6.45) is 1.21. The Hall–Kier alpha value is -2.75. The van der Waals surface area contributed by atoms with Crippen LogP contribution >= 0.6 is 35.0 Å². The lowest BCUT2D eigenvalue weighted by Gasteiger charge is -2.13. The Kier molecular flexibility index (Phi) is 7.78. The van der Waals surface area contributed by atoms with E-state index in [0.717, 1.165) is 17.3 Å². The Morgan fingerprint density at radius 3 is 2.71 bits per heavy atom. The number of benzene rings is 2. The van der Waals surface area contributed by atoms with Crippen molar-refractivity contribution in [2.24, 2.45) is 10.2 Å². The highest BCUT2D eigenvalue weighted by atomic mass is 35.5. The molecule has 0 bridgehead atoms. The van der Waals surface area contributed by atoms with Crippen molar-refractivity contribution in [2.75, 3.05) is 7.11 Å². The molecule has 1 amide bonds. The fourth-order valence-corrected chi connectivity index (χ4v) is 4.08. The van der Waals surface area contributed by atoms with Gasteiger partial charge in [-0.25, -0.2) is 0 Å². The summed E-state index contributed by atoms with van der Waals surface area (Å²) in [6, 6.07) is 10.4. The summed E-state index contributed by atoms with van der Waals surface area (Å²) in [6.45, 7) is 0.158. The zero-order valence-corrected chi connectivity index (χ0v) is 18.5. The minimum atomic E-state index is -1.05. The van der Waals surface area contributed by atoms with Crippen LogP contribution in [0, 0.1) is 0 Å². The van der Waals surface area contributed by atoms with Gasteiger partial charge in [0.1, 0.15) is 17.6 Å². The molecule has 2 aromatic carbocycles. The quantitative estimate of drug-likeness (QED) is 0.435. The van der Waals surface area contributed by atoms with Crippen LogP contribution in [0.4, 0.5) is 0 Å². The summed E-state index contributed by atoms with van der Waals surface area (Å²) < 4.78 is 11.2. The van der Waals surface area contributed by atoms with Crippen molar-refractivity contribution >= 4 is 58.2 Å². The molecule has 162 valence electrons. The topological polar surface area (TPSA) is 110 Å². The first-order chi connectivity index (χ1) is 14.9. The first-order valence-electron chi connectivity index (χ1n) is 8.91. The van der Waals surface area contributed by atoms with Crippen molar-refractivity contribution in [1.82, 2.24) is 5.32 Å². The maximum atomic E-state index is 11.7. The largest absolute Gasteiger partial charge is 0.496 e. The Labute approximate surface area is 192 Å². The molecule has 1 atom stereocenters. The highest BCUT2D eigenvalue weighted by Gasteiger charge is 2.32. The molecule has 31 heavy (non-hydrogen) atoms. The number of para-hydroxylation sites is 1. The molecule has 8 nitrogen and oxygen atoms in total. The Bertz CT molecular complexity index is 1040. The van der Waals surface area contributed by atoms with Crippen LogP contribution in [-0.4, -0.2) is 40.7 Å². The number of nitrogens with zero attached hydrogens (tertiary/aromatic N) is 2. The van der Waals surface area contributed by atoms with Crippen molar-refractivity contribution in [1.29, 1.82) is 0 Å². The highest BCUT2D eigenvalue weighted by Crippen LogP contribution is 2.33. The number of amides is 1. The minimum absolute atomic E-state index is 0.158. The number of aliphatic carboxylic acids is 1. The number of halogens is 2. The van der Waals surface area contributed by atoms with Crippen molar-refractivity contribution < 1.29 is 24.2 Å². The lowest BCUT2D eigenvalue weighted by Crippen LogP contribution is -2.26. The van der Waals surface area contributed by atoms with Gasteiger partial charge in [0, 0.05) is 5.56 Å². The van der Waals surface area contributed by atoms with Gasteiger partial charge in [-0.15, -0.1) is 5.10 Å². The molecule has 0 aromatic heterocycles. The number of thioether (sulfide) groups is 1. The smallest absolute Gasteiger partial charge is 0.305 e. The molecule has 1 aliphatic rings. The molecule has 0 radical (unpaired) electrons. The van der Waals surface area contributed by atoms with E-state index in [2.05, 4.69) is 15.5 Å². The third kappa shape index (κ3) is 6.13. The molecule has 2 aromatic rings. The molecule has 1 unspecified atom stereocenters. The zero-order chi connectivity index (χ0) is 22.4. The van der Waals surface area contributed by atoms with E-state index in [1.165, 1.54) is 6.21 Å². The fourth-order valence-electron chi connectivity index (χ4n) is 2.66. The van der Waals surface area contributed by atoms with Gasteiger partial charge < -0.3 is 19.9 Å². The van der Waals surface area contributed by atoms with Gasteiger partial charge in [-0.2, -0.15) is 5.10 Å². The molecule has 2 N–H and O–H groups in total. The maximum absolute atomic E-state index is 11.7. The monoisotopic (exact) mass is 481 g/mol. The van der Waals surface area contributed by atoms with Gasteiger partial charge in [0.15, 0.2) is 10.9 Å². The summed E-state index contributed by atoms with van der Waals surface area (Å²) in [7, 11) is 1.55. The lowest BCUT2D eigenvalue weighted by atomic mass is 10.1. The number of amidine groups is 1. The molecule has 0 aliphatic carbocycles. The van der Waals surface area contributed by atoms with E-state index in [0.29, 0.717) is 27.1 Å². The van der Waals surface area contributed by atoms with Gasteiger partial charge >= 0.3 is 5.97 Å². The number of hydrogen-bond acceptors (Lipinski definition) is 7. The number of methoxy groups -OCH3 is 1. The second kappa shape index (κ2) is 10.5. The minimum Gasteiger partial charge on any atom is -0.496 e. The Morgan fingerprint density at radius 1 is 1.29 bits per heavy atom. The van der Waals surface area contributed by atoms with Crippen LogP contribution in [0.1, 0.15) is 17.5 Å². The summed E-state index contributed by atoms with van der Waals surface area (Å²) >= 11 is 13.3. The van der Waals surface area contributed by atoms with Crippen LogP contribution in [0.3, 0.4) is 0 Å². The van der Waals surface area contributed by atoms with Crippen molar-refractivity contribution in [3.05, 3.63) is 57.6 Å². The third-order valence-electron chi connectivity index (χ3n) is 4.09. The molecule has 0 saturated carbocycles. The van der Waals surface area contributed by atoms with Crippen LogP contribution in [0.5, 0.6) is 11.5 Å². The molecule has 3 rings (SSSR count). The Balaban J connectivity index is 1.70. The fraction of sp³-hybridized carbons (Fsp3) is 0.200. The predicted molar refractivity (Wildman–Crippen MR) is 121 cm³/mol. The highest BCUT2D eigenvalue weighted by molar-refractivity contribution is 8.15. The van der Waals surface area contributed by atoms with Crippen molar-refractivity contribution in [3.8, 4) is 11.5 Å². The van der Waals surface area contributed by atoms with E-state index in [1.54, 1.807) is 43.5 Å². The van der Waals surface area contributed by atoms with E-state index in [9.17, 15) is 9.59 Å². The zero-order valence-electron chi connectivity index (χ0n) is 16.2. The number of hydrogen-bond donors (Lipinski definition) is 2. The molecule has 1 saturated heterocycles. The van der Waals surface area contributed by atoms with Crippen molar-refractivity contribution in [3.63, 3.8) is 0 Å². The lowest BCUT2D eigenvalue weighted by molar-refractivity contribution is -0.138. The number of carboxylic acid groups (broad SMARTS) is 1. The van der Waals surface area contributed by atoms with Crippen LogP contribution in [0.2, 0.25) is 10.0 Å². The molecule has 1 aliphatic heterocycles. The molecule has 0 spiro atoms. The second-order valence-corrected chi connectivity index (χ2v) is 8.26. The van der Waals surface area contributed by atoms with Gasteiger partial charge in [0.25, 0.3) is 0 Å². The number of carbonyl (C=O) groups excluding carboxylic acids is 1. The molecule has 11 heteroatoms. The summed E-state index contributed by atoms with van der Waals surface area (Å²) in [4.78, 5) is 22.5. The SMILES string of the molecule is COc1ccc(C=NN=C2NC(=O)C(CC(=O)O)S2)cc1COc1c(Cl)cccc1Cl. The molecular formula is C20H17Cl2N3O5S. The second-order valence-electron chi connectivity index (χ2n) is 6.25. The predicted octanol–water partition coefficient (Wildman–Crippen LogP) is 3.98. The van der Waals surface area contributed by atoms with Crippen LogP contribution in [0.15, 0.2) is 46.6 Å². The standard InChI is InChI=1S/C20H17Cl2N3O5S/c1-29-15-6-5-11(7-12(15)10-30-18-13(21)3-2-4-14(18)22)9-23-25-20-24-19(28)16(31-20)8-17(26)27/h2-7,9,16H,8,10H2,1H3,(H,26,27)(H,24,25,28). The van der Waals surface area contributed by atoms with Crippen molar-refractivity contribution in [2.45, 2.75) is 18.3 Å². The first kappa shape index (κ1) is 22.9. The molecule has 1 fully saturated rings. The number of carboxylic acids is 1. The number of rotatable bonds is 8. The first-order valence-corrected chi connectivity index (χ1v) is 10.5. The van der Waals surface area contributed by atoms with Crippen LogP contribution in [-0.2, 0) is 16.2 Å². The summed E-state index contributed by atoms with van der Waals surface area (Å²) in [5.41, 5.74) is 1.45. The van der Waals surface area contributed by atoms with E-state index < -0.39 is 17.1 Å². The normalized spacial score (nSPS) is 17.2. The van der Waals surface area contributed by atoms with E-state index in [4.69, 9.17) is 37.8 Å². The van der Waals surface area contributed by atoms with Crippen LogP contribution in [0.25, 0.3) is 0 Å². The van der Waals surface area contributed by atoms with Gasteiger partial charge in [0.2, 0.25) is 5.91 Å². The number of ether oxygens (including phenoxy) is 2. The van der Waals surface area contributed by atoms with E-state index >= 15 is 0 Å². The average molecular weight is 482 g/mol. The van der Waals surface area contributed by atoms with Gasteiger partial charge in [0.05, 0.1) is 29.8 Å². The Morgan fingerprint density at radius 2 is 2.03 bits per heavy atom. The van der Waals surface area contributed by atoms with Gasteiger partial charge in [-0.3, -0.25) is 9.59 Å². The van der Waals surface area contributed by atoms with Crippen LogP contribution < -0.4 is 14.8 Å². The van der Waals surface area contributed by atoms with E-state index in [-0.39, 0.29) is 18.2 Å². The summed E-state index contributed by atoms with van der Waals surface area (Å²) in [5, 5.41) is 19.6. The van der Waals surface area contributed by atoms with Gasteiger partial charge in [-0.05, 0) is 35.9 Å². The molecular weight excluding hydrogens is 465 g/mol. The summed E-state index contributed by atoms with van der Waals surface area (Å²) in [5.74, 6) is -0.461. The maximum Gasteiger partial charge on any atom is 0.305 e. The third-order valence-corrected chi connectivity index (χ3v) is 5.75. The number of nitrogens with one attached hydrogen (secondary N) is 1. The van der Waals surface area contributed by atoms with Gasteiger partial charge in [-0.1, -0.05) is 41.0 Å².